The van der Waals surface area contributed by atoms with Gasteiger partial charge in [-0.15, -0.1) is 0 Å². The summed E-state index contributed by atoms with van der Waals surface area (Å²) >= 11 is 0. The van der Waals surface area contributed by atoms with Crippen molar-refractivity contribution in [2.24, 2.45) is 5.92 Å². The lowest BCUT2D eigenvalue weighted by molar-refractivity contribution is -0.140. The lowest BCUT2D eigenvalue weighted by Crippen LogP contribution is -2.46. The van der Waals surface area contributed by atoms with E-state index in [0.717, 1.165) is 38.8 Å². The number of benzene rings is 1. The summed E-state index contributed by atoms with van der Waals surface area (Å²) in [7, 11) is 0. The van der Waals surface area contributed by atoms with E-state index in [9.17, 15) is 9.59 Å². The number of carbonyl (C=O) groups is 2. The maximum atomic E-state index is 13.1. The lowest BCUT2D eigenvalue weighted by atomic mass is 9.94. The van der Waals surface area contributed by atoms with Crippen molar-refractivity contribution in [3.8, 4) is 0 Å². The van der Waals surface area contributed by atoms with Gasteiger partial charge in [0.1, 0.15) is 0 Å². The highest BCUT2D eigenvalue weighted by atomic mass is 16.2. The number of hydrogen-bond acceptors (Lipinski definition) is 2. The lowest BCUT2D eigenvalue weighted by Gasteiger charge is -2.35. The van der Waals surface area contributed by atoms with Crippen LogP contribution in [0.3, 0.4) is 0 Å². The minimum absolute atomic E-state index is 0.0326. The van der Waals surface area contributed by atoms with Crippen LogP contribution in [0, 0.1) is 19.8 Å². The molecule has 2 saturated heterocycles. The summed E-state index contributed by atoms with van der Waals surface area (Å²) in [5, 5.41) is 0. The first-order valence-corrected chi connectivity index (χ1v) is 9.10. The molecule has 1 aromatic rings. The quantitative estimate of drug-likeness (QED) is 0.836. The molecule has 2 aliphatic rings. The topological polar surface area (TPSA) is 40.6 Å². The molecule has 0 N–H and O–H groups in total. The zero-order chi connectivity index (χ0) is 17.3. The maximum absolute atomic E-state index is 13.1. The molecular weight excluding hydrogens is 300 g/mol. The molecule has 0 aromatic heterocycles. The second-order valence-electron chi connectivity index (χ2n) is 7.34. The average molecular weight is 328 g/mol. The molecule has 130 valence electrons. The molecule has 2 aliphatic heterocycles. The summed E-state index contributed by atoms with van der Waals surface area (Å²) in [6.45, 7) is 8.07. The molecule has 0 radical (unpaired) electrons. The number of aryl methyl sites for hydroxylation is 2. The molecule has 4 heteroatoms. The second kappa shape index (κ2) is 6.96. The Morgan fingerprint density at radius 1 is 1.04 bits per heavy atom. The Morgan fingerprint density at radius 3 is 2.50 bits per heavy atom. The molecule has 0 saturated carbocycles. The summed E-state index contributed by atoms with van der Waals surface area (Å²) in [6, 6.07) is 6.75. The predicted octanol–water partition coefficient (Wildman–Crippen LogP) is 3.23. The molecule has 2 atom stereocenters. The molecule has 0 aliphatic carbocycles. The summed E-state index contributed by atoms with van der Waals surface area (Å²) in [5.41, 5.74) is 3.83. The number of hydrogen-bond donors (Lipinski definition) is 0. The van der Waals surface area contributed by atoms with Crippen LogP contribution in [0.4, 0.5) is 0 Å². The molecule has 24 heavy (non-hydrogen) atoms. The summed E-state index contributed by atoms with van der Waals surface area (Å²) < 4.78 is 0. The van der Waals surface area contributed by atoms with E-state index in [1.165, 1.54) is 16.7 Å². The Balaban J connectivity index is 1.76. The largest absolute Gasteiger partial charge is 0.342 e. The van der Waals surface area contributed by atoms with Crippen LogP contribution in [0.5, 0.6) is 0 Å². The van der Waals surface area contributed by atoms with Crippen LogP contribution in [-0.4, -0.2) is 41.2 Å². The minimum Gasteiger partial charge on any atom is -0.342 e. The fourth-order valence-electron chi connectivity index (χ4n) is 4.05. The summed E-state index contributed by atoms with van der Waals surface area (Å²) in [6.07, 6.45) is 3.93. The fraction of sp³-hybridized carbons (Fsp3) is 0.600. The van der Waals surface area contributed by atoms with Crippen molar-refractivity contribution in [1.29, 1.82) is 0 Å². The Hall–Kier alpha value is -1.84. The van der Waals surface area contributed by atoms with Crippen molar-refractivity contribution in [3.05, 3.63) is 34.9 Å². The Bertz CT molecular complexity index is 641. The van der Waals surface area contributed by atoms with E-state index >= 15 is 0 Å². The third kappa shape index (κ3) is 3.33. The van der Waals surface area contributed by atoms with Crippen molar-refractivity contribution in [1.82, 2.24) is 9.80 Å². The van der Waals surface area contributed by atoms with Crippen molar-refractivity contribution in [2.75, 3.05) is 19.6 Å². The molecule has 0 unspecified atom stereocenters. The molecule has 3 rings (SSSR count). The number of nitrogens with zero attached hydrogens (tertiary/aromatic N) is 2. The monoisotopic (exact) mass is 328 g/mol. The van der Waals surface area contributed by atoms with Crippen molar-refractivity contribution in [3.63, 3.8) is 0 Å². The highest BCUT2D eigenvalue weighted by Crippen LogP contribution is 2.35. The maximum Gasteiger partial charge on any atom is 0.227 e. The zero-order valence-electron chi connectivity index (χ0n) is 15.0. The van der Waals surface area contributed by atoms with Crippen molar-refractivity contribution < 1.29 is 9.59 Å². The summed E-state index contributed by atoms with van der Waals surface area (Å²) in [5.74, 6) is 0.288. The highest BCUT2D eigenvalue weighted by molar-refractivity contribution is 5.81. The van der Waals surface area contributed by atoms with E-state index in [2.05, 4.69) is 36.9 Å². The Labute approximate surface area is 144 Å². The van der Waals surface area contributed by atoms with E-state index in [-0.39, 0.29) is 23.8 Å². The first-order chi connectivity index (χ1) is 11.5. The van der Waals surface area contributed by atoms with Crippen LogP contribution in [0.15, 0.2) is 18.2 Å². The van der Waals surface area contributed by atoms with Crippen LogP contribution in [0.2, 0.25) is 0 Å². The first kappa shape index (κ1) is 17.0. The Kier molecular flexibility index (Phi) is 4.93. The van der Waals surface area contributed by atoms with Gasteiger partial charge in [0.25, 0.3) is 0 Å². The minimum atomic E-state index is -0.0326. The van der Waals surface area contributed by atoms with Gasteiger partial charge >= 0.3 is 0 Å². The highest BCUT2D eigenvalue weighted by Gasteiger charge is 2.36. The molecule has 4 nitrogen and oxygen atoms in total. The molecule has 2 amide bonds. The van der Waals surface area contributed by atoms with Crippen LogP contribution in [0.1, 0.15) is 55.3 Å². The number of likely N-dealkylation sites (tertiary alicyclic amines) is 2. The van der Waals surface area contributed by atoms with E-state index in [4.69, 9.17) is 0 Å². The Morgan fingerprint density at radius 2 is 1.79 bits per heavy atom. The van der Waals surface area contributed by atoms with Gasteiger partial charge in [0.05, 0.1) is 12.0 Å². The van der Waals surface area contributed by atoms with E-state index < -0.39 is 0 Å². The standard InChI is InChI=1S/C20H28N2O2/c1-14-8-9-17(12-15(14)2)19-7-5-11-22(19)20(24)18-6-4-10-21(13-18)16(3)23/h8-9,12,18-19H,4-7,10-11,13H2,1-3H3/t18-,19-/m1/s1. The normalized spacial score (nSPS) is 24.3. The molecule has 0 bridgehead atoms. The van der Waals surface area contributed by atoms with Gasteiger partial charge in [-0.1, -0.05) is 18.2 Å². The van der Waals surface area contributed by atoms with Crippen LogP contribution in [-0.2, 0) is 9.59 Å². The molecular formula is C20H28N2O2. The molecule has 1 aromatic carbocycles. The van der Waals surface area contributed by atoms with Gasteiger partial charge in [-0.05, 0) is 56.2 Å². The fourth-order valence-corrected chi connectivity index (χ4v) is 4.05. The van der Waals surface area contributed by atoms with E-state index in [0.29, 0.717) is 6.54 Å². The van der Waals surface area contributed by atoms with Gasteiger partial charge in [-0.25, -0.2) is 0 Å². The van der Waals surface area contributed by atoms with Gasteiger partial charge in [-0.3, -0.25) is 9.59 Å². The van der Waals surface area contributed by atoms with Gasteiger partial charge in [0.15, 0.2) is 0 Å². The van der Waals surface area contributed by atoms with Crippen molar-refractivity contribution >= 4 is 11.8 Å². The molecule has 0 spiro atoms. The second-order valence-corrected chi connectivity index (χ2v) is 7.34. The zero-order valence-corrected chi connectivity index (χ0v) is 15.0. The number of amides is 2. The summed E-state index contributed by atoms with van der Waals surface area (Å²) in [4.78, 5) is 28.6. The average Bonchev–Trinajstić information content (AvgIpc) is 3.06. The molecule has 2 fully saturated rings. The van der Waals surface area contributed by atoms with Crippen molar-refractivity contribution in [2.45, 2.75) is 52.5 Å². The van der Waals surface area contributed by atoms with Gasteiger partial charge in [-0.2, -0.15) is 0 Å². The predicted molar refractivity (Wildman–Crippen MR) is 94.6 cm³/mol. The van der Waals surface area contributed by atoms with Crippen LogP contribution in [0.25, 0.3) is 0 Å². The van der Waals surface area contributed by atoms with Crippen LogP contribution >= 0.6 is 0 Å². The number of piperidine rings is 1. The van der Waals surface area contributed by atoms with E-state index in [1.54, 1.807) is 6.92 Å². The number of carbonyl (C=O) groups excluding carboxylic acids is 2. The SMILES string of the molecule is CC(=O)N1CCC[C@@H](C(=O)N2CCC[C@@H]2c2ccc(C)c(C)c2)C1. The van der Waals surface area contributed by atoms with Gasteiger partial charge in [0, 0.05) is 26.6 Å². The number of rotatable bonds is 2. The first-order valence-electron chi connectivity index (χ1n) is 9.10. The smallest absolute Gasteiger partial charge is 0.227 e. The molecule has 2 heterocycles. The third-order valence-electron chi connectivity index (χ3n) is 5.67. The van der Waals surface area contributed by atoms with Gasteiger partial charge in [0.2, 0.25) is 11.8 Å². The third-order valence-corrected chi connectivity index (χ3v) is 5.67. The van der Waals surface area contributed by atoms with Crippen LogP contribution < -0.4 is 0 Å². The van der Waals surface area contributed by atoms with Gasteiger partial charge < -0.3 is 9.80 Å². The van der Waals surface area contributed by atoms with E-state index in [1.807, 2.05) is 4.90 Å².